The van der Waals surface area contributed by atoms with Gasteiger partial charge in [0.05, 0.1) is 26.4 Å². The number of aliphatic hydroxyl groups is 1. The summed E-state index contributed by atoms with van der Waals surface area (Å²) in [4.78, 5) is 72.9. The Morgan fingerprint density at radius 3 is 0.840 bits per heavy atom. The topological polar surface area (TPSA) is 237 Å². The second-order valence-electron chi connectivity index (χ2n) is 25.9. The number of carbonyl (C=O) groups excluding carboxylic acids is 4. The number of phosphoric ester groups is 2. The molecule has 100 heavy (non-hydrogen) atoms. The summed E-state index contributed by atoms with van der Waals surface area (Å²) in [6.07, 6.45) is 77.9. The van der Waals surface area contributed by atoms with Crippen molar-refractivity contribution in [1.29, 1.82) is 0 Å². The second-order valence-corrected chi connectivity index (χ2v) is 28.8. The highest BCUT2D eigenvalue weighted by Crippen LogP contribution is 2.45. The van der Waals surface area contributed by atoms with Crippen molar-refractivity contribution in [2.75, 3.05) is 39.6 Å². The summed E-state index contributed by atoms with van der Waals surface area (Å²) in [6.45, 7) is 4.56. The Labute approximate surface area is 607 Å². The third-order valence-corrected chi connectivity index (χ3v) is 18.1. The van der Waals surface area contributed by atoms with Crippen molar-refractivity contribution in [1.82, 2.24) is 0 Å². The van der Waals surface area contributed by atoms with Crippen molar-refractivity contribution in [3.8, 4) is 0 Å². The van der Waals surface area contributed by atoms with Crippen LogP contribution in [0.2, 0.25) is 0 Å². The minimum atomic E-state index is -4.98. The average Bonchev–Trinajstić information content (AvgIpc) is 0.930. The molecule has 5 atom stereocenters. The van der Waals surface area contributed by atoms with Crippen molar-refractivity contribution < 1.29 is 80.2 Å². The lowest BCUT2D eigenvalue weighted by Crippen LogP contribution is -2.30. The Balaban J connectivity index is 5.34. The van der Waals surface area contributed by atoms with E-state index in [4.69, 9.17) is 37.0 Å². The van der Waals surface area contributed by atoms with Gasteiger partial charge in [-0.3, -0.25) is 37.3 Å². The maximum absolute atomic E-state index is 13.1. The smallest absolute Gasteiger partial charge is 0.462 e. The molecule has 5 unspecified atom stereocenters. The molecule has 0 saturated heterocycles. The number of phosphoric acid groups is 2. The first-order valence-electron chi connectivity index (χ1n) is 39.1. The van der Waals surface area contributed by atoms with Gasteiger partial charge in [-0.2, -0.15) is 0 Å². The maximum atomic E-state index is 13.1. The van der Waals surface area contributed by atoms with E-state index in [1.165, 1.54) is 38.5 Å². The summed E-state index contributed by atoms with van der Waals surface area (Å²) >= 11 is 0. The summed E-state index contributed by atoms with van der Waals surface area (Å²) in [6, 6.07) is 0. The normalized spacial score (nSPS) is 14.5. The highest BCUT2D eigenvalue weighted by atomic mass is 31.2. The van der Waals surface area contributed by atoms with Gasteiger partial charge >= 0.3 is 39.5 Å². The van der Waals surface area contributed by atoms with E-state index in [1.807, 2.05) is 0 Å². The molecule has 0 aliphatic heterocycles. The Morgan fingerprint density at radius 2 is 0.540 bits per heavy atom. The van der Waals surface area contributed by atoms with Crippen LogP contribution in [-0.2, 0) is 65.4 Å². The van der Waals surface area contributed by atoms with Gasteiger partial charge in [-0.05, 0) is 122 Å². The molecular formula is C81H140O17P2. The average molecular weight is 1450 g/mol. The molecule has 19 heteroatoms. The molecule has 0 rings (SSSR count). The van der Waals surface area contributed by atoms with Gasteiger partial charge in [-0.1, -0.05) is 285 Å². The molecule has 3 N–H and O–H groups in total. The number of hydrogen-bond donors (Lipinski definition) is 3. The number of unbranched alkanes of at least 4 members (excludes halogenated alkanes) is 29. The van der Waals surface area contributed by atoms with E-state index >= 15 is 0 Å². The van der Waals surface area contributed by atoms with Crippen LogP contribution in [0.5, 0.6) is 0 Å². The molecule has 0 radical (unpaired) electrons. The van der Waals surface area contributed by atoms with E-state index in [9.17, 15) is 43.2 Å². The molecule has 17 nitrogen and oxygen atoms in total. The molecule has 0 aromatic carbocycles. The first-order valence-corrected chi connectivity index (χ1v) is 42.1. The number of ether oxygens (including phenoxy) is 4. The minimum Gasteiger partial charge on any atom is -0.462 e. The summed E-state index contributed by atoms with van der Waals surface area (Å²) in [5, 5.41) is 10.6. The molecule has 0 heterocycles. The van der Waals surface area contributed by atoms with Crippen molar-refractivity contribution in [2.45, 2.75) is 341 Å². The first-order chi connectivity index (χ1) is 48.7. The molecule has 0 fully saturated rings. The second kappa shape index (κ2) is 73.0. The number of carbonyl (C=O) groups is 4. The van der Waals surface area contributed by atoms with Gasteiger partial charge in [0.25, 0.3) is 0 Å². The molecular weight excluding hydrogens is 1310 g/mol. The van der Waals surface area contributed by atoms with Crippen LogP contribution in [0.15, 0.2) is 109 Å². The number of rotatable bonds is 73. The molecule has 0 amide bonds. The van der Waals surface area contributed by atoms with Crippen LogP contribution in [0.4, 0.5) is 0 Å². The molecule has 0 aromatic heterocycles. The minimum absolute atomic E-state index is 0.0792. The van der Waals surface area contributed by atoms with Crippen molar-refractivity contribution in [2.24, 2.45) is 0 Å². The van der Waals surface area contributed by atoms with Gasteiger partial charge in [0, 0.05) is 25.7 Å². The van der Waals surface area contributed by atoms with Crippen LogP contribution in [0.3, 0.4) is 0 Å². The van der Waals surface area contributed by atoms with Crippen molar-refractivity contribution in [3.63, 3.8) is 0 Å². The van der Waals surface area contributed by atoms with Gasteiger partial charge in [-0.25, -0.2) is 9.13 Å². The molecule has 0 saturated carbocycles. The Bertz CT molecular complexity index is 2320. The standard InChI is InChI=1S/C81H140O17P2/c1-5-9-13-17-21-25-29-32-34-36-37-39-40-43-47-50-54-58-62-66-79(84)92-72-77(98-81(86)68-64-60-56-52-48-44-41-38-35-33-30-26-22-18-14-10-6-2)74-96-100(89,90)94-70-75(82)69-93-99(87,88)95-73-76(97-80(85)67-63-59-55-51-45-28-24-20-16-12-8-4)71-91-78(83)65-61-57-53-49-46-42-31-27-23-19-15-11-7-3/h9-10,13-15,19,21-22,25-27,31-35,37,39,75-77,82H,5-8,11-12,16-18,20,23-24,28-30,36,38,40-74H2,1-4H3,(H,87,88)(H,89,90)/b13-9-,14-10-,19-15-,25-21-,26-22-,31-27-,34-32-,35-33-,39-37-. The predicted molar refractivity (Wildman–Crippen MR) is 408 cm³/mol. The largest absolute Gasteiger partial charge is 0.472 e. The summed E-state index contributed by atoms with van der Waals surface area (Å²) in [5.41, 5.74) is 0. The molecule has 0 aliphatic rings. The summed E-state index contributed by atoms with van der Waals surface area (Å²) in [7, 11) is -9.96. The van der Waals surface area contributed by atoms with Gasteiger partial charge in [0.15, 0.2) is 12.2 Å². The lowest BCUT2D eigenvalue weighted by atomic mass is 10.1. The summed E-state index contributed by atoms with van der Waals surface area (Å²) in [5.74, 6) is -2.20. The van der Waals surface area contributed by atoms with E-state index in [-0.39, 0.29) is 25.7 Å². The van der Waals surface area contributed by atoms with Crippen molar-refractivity contribution >= 4 is 39.5 Å². The molecule has 576 valence electrons. The quantitative estimate of drug-likeness (QED) is 0.0169. The van der Waals surface area contributed by atoms with Gasteiger partial charge in [-0.15, -0.1) is 0 Å². The number of aliphatic hydroxyl groups excluding tert-OH is 1. The van der Waals surface area contributed by atoms with Crippen LogP contribution in [0, 0.1) is 0 Å². The van der Waals surface area contributed by atoms with Crippen LogP contribution < -0.4 is 0 Å². The fourth-order valence-electron chi connectivity index (χ4n) is 10.3. The Hall–Kier alpha value is -4.28. The van der Waals surface area contributed by atoms with Gasteiger partial charge in [0.1, 0.15) is 19.3 Å². The van der Waals surface area contributed by atoms with Crippen LogP contribution in [-0.4, -0.2) is 96.7 Å². The maximum Gasteiger partial charge on any atom is 0.472 e. The van der Waals surface area contributed by atoms with Crippen LogP contribution in [0.25, 0.3) is 0 Å². The first kappa shape index (κ1) is 95.7. The van der Waals surface area contributed by atoms with E-state index in [0.29, 0.717) is 25.7 Å². The molecule has 0 spiro atoms. The molecule has 0 bridgehead atoms. The Morgan fingerprint density at radius 1 is 0.290 bits per heavy atom. The lowest BCUT2D eigenvalue weighted by Gasteiger charge is -2.21. The third kappa shape index (κ3) is 72.1. The third-order valence-electron chi connectivity index (χ3n) is 16.2. The zero-order valence-electron chi connectivity index (χ0n) is 62.8. The highest BCUT2D eigenvalue weighted by Gasteiger charge is 2.30. The highest BCUT2D eigenvalue weighted by molar-refractivity contribution is 7.47. The molecule has 0 aromatic rings. The molecule has 0 aliphatic carbocycles. The van der Waals surface area contributed by atoms with E-state index < -0.39 is 97.5 Å². The zero-order valence-corrected chi connectivity index (χ0v) is 64.6. The van der Waals surface area contributed by atoms with Gasteiger partial charge < -0.3 is 33.8 Å². The predicted octanol–water partition coefficient (Wildman–Crippen LogP) is 22.6. The SMILES string of the molecule is CC/C=C\C/C=C\C/C=C\C/C=C\CCCCCCCCC(=O)OCC(COP(=O)(O)OCC(O)COP(=O)(O)OCC(COC(=O)CCCCCCC/C=C\C/C=C\CCC)OC(=O)CCCCCCCCCCCCC)OC(=O)CCCCCCCCC/C=C\C/C=C\C/C=C\CC. The summed E-state index contributed by atoms with van der Waals surface area (Å²) < 4.78 is 68.5. The lowest BCUT2D eigenvalue weighted by molar-refractivity contribution is -0.161. The van der Waals surface area contributed by atoms with E-state index in [0.717, 1.165) is 205 Å². The number of hydrogen-bond acceptors (Lipinski definition) is 15. The van der Waals surface area contributed by atoms with E-state index in [2.05, 4.69) is 137 Å². The fourth-order valence-corrected chi connectivity index (χ4v) is 11.9. The number of allylic oxidation sites excluding steroid dienone is 18. The van der Waals surface area contributed by atoms with Crippen molar-refractivity contribution in [3.05, 3.63) is 109 Å². The van der Waals surface area contributed by atoms with Crippen LogP contribution in [0.1, 0.15) is 323 Å². The zero-order chi connectivity index (χ0) is 73.2. The van der Waals surface area contributed by atoms with Gasteiger partial charge in [0.2, 0.25) is 0 Å². The van der Waals surface area contributed by atoms with E-state index in [1.54, 1.807) is 0 Å². The monoisotopic (exact) mass is 1450 g/mol. The number of esters is 4. The Kier molecular flexibility index (Phi) is 69.9. The van der Waals surface area contributed by atoms with Crippen LogP contribution >= 0.6 is 15.6 Å². The fraction of sp³-hybridized carbons (Fsp3) is 0.728.